The molecule has 6 heteroatoms. The largest absolute Gasteiger partial charge is 0.326 e. The van der Waals surface area contributed by atoms with Gasteiger partial charge in [0.25, 0.3) is 0 Å². The third-order valence-corrected chi connectivity index (χ3v) is 6.55. The molecule has 2 N–H and O–H groups in total. The quantitative estimate of drug-likeness (QED) is 0.909. The third kappa shape index (κ3) is 3.26. The lowest BCUT2D eigenvalue weighted by atomic mass is 10.0. The van der Waals surface area contributed by atoms with E-state index in [4.69, 9.17) is 5.73 Å². The molecule has 1 fully saturated rings. The summed E-state index contributed by atoms with van der Waals surface area (Å²) in [5, 5.41) is 0.525. The van der Waals surface area contributed by atoms with Crippen LogP contribution in [0.25, 0.3) is 0 Å². The van der Waals surface area contributed by atoms with Crippen molar-refractivity contribution >= 4 is 21.2 Å². The molecule has 0 aliphatic heterocycles. The molecule has 1 saturated carbocycles. The van der Waals surface area contributed by atoms with Gasteiger partial charge in [0, 0.05) is 17.6 Å². The van der Waals surface area contributed by atoms with Gasteiger partial charge in [0.1, 0.15) is 10.8 Å². The van der Waals surface area contributed by atoms with E-state index in [2.05, 4.69) is 4.98 Å². The van der Waals surface area contributed by atoms with Crippen LogP contribution in [0.2, 0.25) is 0 Å². The molecule has 0 unspecified atom stereocenters. The molecule has 0 amide bonds. The Hall–Kier alpha value is -0.460. The van der Waals surface area contributed by atoms with E-state index in [1.807, 2.05) is 0 Å². The van der Waals surface area contributed by atoms with Crippen molar-refractivity contribution in [2.45, 2.75) is 49.7 Å². The molecule has 0 atom stereocenters. The fraction of sp³-hybridized carbons (Fsp3) is 0.727. The van der Waals surface area contributed by atoms with Crippen molar-refractivity contribution < 1.29 is 8.42 Å². The van der Waals surface area contributed by atoms with Crippen molar-refractivity contribution in [2.24, 2.45) is 5.73 Å². The zero-order chi connectivity index (χ0) is 12.3. The topological polar surface area (TPSA) is 73.0 Å². The number of hydrogen-bond donors (Lipinski definition) is 1. The van der Waals surface area contributed by atoms with Gasteiger partial charge in [-0.1, -0.05) is 19.3 Å². The molecule has 96 valence electrons. The Labute approximate surface area is 106 Å². The molecule has 1 aliphatic carbocycles. The summed E-state index contributed by atoms with van der Waals surface area (Å²) in [4.78, 5) is 5.07. The molecule has 0 spiro atoms. The van der Waals surface area contributed by atoms with Gasteiger partial charge in [0.05, 0.1) is 5.25 Å². The molecular weight excluding hydrogens is 256 g/mol. The normalized spacial score (nSPS) is 18.4. The van der Waals surface area contributed by atoms with E-state index in [9.17, 15) is 8.42 Å². The van der Waals surface area contributed by atoms with Gasteiger partial charge >= 0.3 is 0 Å². The molecule has 1 aliphatic rings. The lowest BCUT2D eigenvalue weighted by molar-refractivity contribution is 0.483. The summed E-state index contributed by atoms with van der Waals surface area (Å²) in [6.07, 6.45) is 6.55. The maximum Gasteiger partial charge on any atom is 0.159 e. The molecule has 17 heavy (non-hydrogen) atoms. The van der Waals surface area contributed by atoms with Crippen molar-refractivity contribution in [3.8, 4) is 0 Å². The monoisotopic (exact) mass is 274 g/mol. The molecule has 0 radical (unpaired) electrons. The van der Waals surface area contributed by atoms with E-state index in [1.165, 1.54) is 17.8 Å². The lowest BCUT2D eigenvalue weighted by Crippen LogP contribution is -2.25. The Morgan fingerprint density at radius 1 is 1.35 bits per heavy atom. The van der Waals surface area contributed by atoms with Gasteiger partial charge in [-0.15, -0.1) is 11.3 Å². The highest BCUT2D eigenvalue weighted by atomic mass is 32.2. The first-order valence-corrected chi connectivity index (χ1v) is 8.50. The van der Waals surface area contributed by atoms with Gasteiger partial charge < -0.3 is 5.73 Å². The van der Waals surface area contributed by atoms with E-state index in [0.717, 1.165) is 30.6 Å². The van der Waals surface area contributed by atoms with Crippen LogP contribution in [0, 0.1) is 0 Å². The van der Waals surface area contributed by atoms with Crippen LogP contribution in [-0.4, -0.2) is 18.7 Å². The Morgan fingerprint density at radius 2 is 2.06 bits per heavy atom. The van der Waals surface area contributed by atoms with Crippen molar-refractivity contribution in [3.63, 3.8) is 0 Å². The van der Waals surface area contributed by atoms with Crippen LogP contribution >= 0.6 is 11.3 Å². The SMILES string of the molecule is NCc1cnc(CS(=O)(=O)C2CCCCC2)s1. The molecule has 4 nitrogen and oxygen atoms in total. The highest BCUT2D eigenvalue weighted by molar-refractivity contribution is 7.91. The zero-order valence-corrected chi connectivity index (χ0v) is 11.4. The van der Waals surface area contributed by atoms with Crippen LogP contribution in [0.3, 0.4) is 0 Å². The molecular formula is C11H18N2O2S2. The number of nitrogens with two attached hydrogens (primary N) is 1. The van der Waals surface area contributed by atoms with Crippen LogP contribution in [0.1, 0.15) is 42.0 Å². The van der Waals surface area contributed by atoms with Crippen molar-refractivity contribution in [2.75, 3.05) is 0 Å². The average Bonchev–Trinajstić information content (AvgIpc) is 2.77. The summed E-state index contributed by atoms with van der Waals surface area (Å²) in [5.41, 5.74) is 5.49. The smallest absolute Gasteiger partial charge is 0.159 e. The summed E-state index contributed by atoms with van der Waals surface area (Å²) in [6.45, 7) is 0.432. The highest BCUT2D eigenvalue weighted by Crippen LogP contribution is 2.27. The van der Waals surface area contributed by atoms with Gasteiger partial charge in [-0.2, -0.15) is 0 Å². The first-order valence-electron chi connectivity index (χ1n) is 5.97. The van der Waals surface area contributed by atoms with Crippen LogP contribution in [0.4, 0.5) is 0 Å². The summed E-state index contributed by atoms with van der Waals surface area (Å²) in [7, 11) is -3.02. The maximum atomic E-state index is 12.2. The summed E-state index contributed by atoms with van der Waals surface area (Å²) in [6, 6.07) is 0. The average molecular weight is 274 g/mol. The number of aromatic nitrogens is 1. The predicted molar refractivity (Wildman–Crippen MR) is 69.5 cm³/mol. The number of nitrogens with zero attached hydrogens (tertiary/aromatic N) is 1. The fourth-order valence-electron chi connectivity index (χ4n) is 2.22. The first-order chi connectivity index (χ1) is 8.12. The van der Waals surface area contributed by atoms with Gasteiger partial charge in [-0.05, 0) is 12.8 Å². The van der Waals surface area contributed by atoms with E-state index < -0.39 is 9.84 Å². The van der Waals surface area contributed by atoms with Gasteiger partial charge in [-0.25, -0.2) is 13.4 Å². The minimum atomic E-state index is -3.02. The van der Waals surface area contributed by atoms with Gasteiger partial charge in [0.2, 0.25) is 0 Å². The summed E-state index contributed by atoms with van der Waals surface area (Å²) >= 11 is 1.41. The fourth-order valence-corrected chi connectivity index (χ4v) is 5.25. The van der Waals surface area contributed by atoms with Gasteiger partial charge in [0.15, 0.2) is 9.84 Å². The summed E-state index contributed by atoms with van der Waals surface area (Å²) in [5.74, 6) is 0.0856. The standard InChI is InChI=1S/C11H18N2O2S2/c12-6-9-7-13-11(16-9)8-17(14,15)10-4-2-1-3-5-10/h7,10H,1-6,8,12H2. The van der Waals surface area contributed by atoms with Crippen LogP contribution in [0.15, 0.2) is 6.20 Å². The second kappa shape index (κ2) is 5.46. The van der Waals surface area contributed by atoms with Crippen LogP contribution in [-0.2, 0) is 22.1 Å². The number of sulfone groups is 1. The Kier molecular flexibility index (Phi) is 4.17. The minimum Gasteiger partial charge on any atom is -0.326 e. The Bertz CT molecular complexity index is 462. The number of rotatable bonds is 4. The van der Waals surface area contributed by atoms with Crippen molar-refractivity contribution in [1.29, 1.82) is 0 Å². The molecule has 1 aromatic rings. The summed E-state index contributed by atoms with van der Waals surface area (Å²) < 4.78 is 24.4. The second-order valence-electron chi connectivity index (χ2n) is 4.49. The second-order valence-corrected chi connectivity index (χ2v) is 7.97. The third-order valence-electron chi connectivity index (χ3n) is 3.19. The van der Waals surface area contributed by atoms with E-state index in [-0.39, 0.29) is 11.0 Å². The van der Waals surface area contributed by atoms with E-state index in [1.54, 1.807) is 6.20 Å². The van der Waals surface area contributed by atoms with Gasteiger partial charge in [-0.3, -0.25) is 0 Å². The lowest BCUT2D eigenvalue weighted by Gasteiger charge is -2.21. The molecule has 0 aromatic carbocycles. The predicted octanol–water partition coefficient (Wildman–Crippen LogP) is 1.85. The molecule has 0 bridgehead atoms. The van der Waals surface area contributed by atoms with Crippen LogP contribution in [0.5, 0.6) is 0 Å². The van der Waals surface area contributed by atoms with E-state index >= 15 is 0 Å². The maximum absolute atomic E-state index is 12.2. The molecule has 0 saturated heterocycles. The zero-order valence-electron chi connectivity index (χ0n) is 9.76. The molecule has 2 rings (SSSR count). The number of hydrogen-bond acceptors (Lipinski definition) is 5. The Balaban J connectivity index is 2.05. The first kappa shape index (κ1) is 13.0. The van der Waals surface area contributed by atoms with E-state index in [0.29, 0.717) is 11.6 Å². The Morgan fingerprint density at radius 3 is 2.65 bits per heavy atom. The molecule has 1 heterocycles. The van der Waals surface area contributed by atoms with Crippen molar-refractivity contribution in [3.05, 3.63) is 16.1 Å². The molecule has 1 aromatic heterocycles. The van der Waals surface area contributed by atoms with Crippen LogP contribution < -0.4 is 5.73 Å². The highest BCUT2D eigenvalue weighted by Gasteiger charge is 2.28. The minimum absolute atomic E-state index is 0.0856. The van der Waals surface area contributed by atoms with Crippen molar-refractivity contribution in [1.82, 2.24) is 4.98 Å². The number of thiazole rings is 1.